The fraction of sp³-hybridized carbons (Fsp3) is 0.611. The van der Waals surface area contributed by atoms with Gasteiger partial charge in [0.1, 0.15) is 5.75 Å². The Bertz CT molecular complexity index is 552. The lowest BCUT2D eigenvalue weighted by Crippen LogP contribution is -2.45. The third-order valence-corrected chi connectivity index (χ3v) is 4.82. The van der Waals surface area contributed by atoms with Gasteiger partial charge in [0, 0.05) is 13.1 Å². The molecule has 0 spiro atoms. The Balaban J connectivity index is 1.74. The second kappa shape index (κ2) is 8.35. The quantitative estimate of drug-likeness (QED) is 0.654. The van der Waals surface area contributed by atoms with Gasteiger partial charge in [-0.1, -0.05) is 12.1 Å². The molecule has 132 valence electrons. The molecule has 0 saturated carbocycles. The first-order valence-electron chi connectivity index (χ1n) is 8.78. The highest BCUT2D eigenvalue weighted by Crippen LogP contribution is 2.28. The van der Waals surface area contributed by atoms with E-state index in [2.05, 4.69) is 21.9 Å². The van der Waals surface area contributed by atoms with Gasteiger partial charge >= 0.3 is 0 Å². The first kappa shape index (κ1) is 17.0. The zero-order valence-corrected chi connectivity index (χ0v) is 14.5. The molecule has 1 unspecified atom stereocenters. The van der Waals surface area contributed by atoms with Crippen molar-refractivity contribution >= 4 is 5.96 Å². The van der Waals surface area contributed by atoms with Crippen molar-refractivity contribution in [2.45, 2.75) is 18.9 Å². The van der Waals surface area contributed by atoms with Crippen LogP contribution in [0.1, 0.15) is 24.4 Å². The summed E-state index contributed by atoms with van der Waals surface area (Å²) in [5.74, 6) is 1.52. The molecule has 2 saturated heterocycles. The number of nitrogens with zero attached hydrogens (tertiary/aromatic N) is 3. The Kier molecular flexibility index (Phi) is 5.93. The Labute approximate surface area is 144 Å². The topological polar surface area (TPSA) is 63.3 Å². The molecular weight excluding hydrogens is 304 g/mol. The molecule has 6 heteroatoms. The SMILES string of the molecule is COc1cccc(C(CN=C(N)N2CCOCC2)N2CCCC2)c1. The first-order chi connectivity index (χ1) is 11.8. The van der Waals surface area contributed by atoms with Crippen molar-refractivity contribution in [3.8, 4) is 5.75 Å². The van der Waals surface area contributed by atoms with Crippen molar-refractivity contribution in [1.82, 2.24) is 9.80 Å². The molecule has 3 rings (SSSR count). The molecule has 0 bridgehead atoms. The van der Waals surface area contributed by atoms with Crippen LogP contribution in [-0.4, -0.2) is 68.8 Å². The molecule has 0 radical (unpaired) electrons. The van der Waals surface area contributed by atoms with E-state index in [4.69, 9.17) is 20.2 Å². The number of guanidine groups is 1. The lowest BCUT2D eigenvalue weighted by atomic mass is 10.1. The predicted octanol–water partition coefficient (Wildman–Crippen LogP) is 1.48. The second-order valence-electron chi connectivity index (χ2n) is 6.33. The second-order valence-corrected chi connectivity index (χ2v) is 6.33. The fourth-order valence-electron chi connectivity index (χ4n) is 3.41. The number of ether oxygens (including phenoxy) is 2. The van der Waals surface area contributed by atoms with Crippen LogP contribution in [0, 0.1) is 0 Å². The van der Waals surface area contributed by atoms with Crippen molar-refractivity contribution in [2.24, 2.45) is 10.7 Å². The highest BCUT2D eigenvalue weighted by atomic mass is 16.5. The molecule has 0 aromatic heterocycles. The van der Waals surface area contributed by atoms with Crippen molar-refractivity contribution < 1.29 is 9.47 Å². The summed E-state index contributed by atoms with van der Waals surface area (Å²) < 4.78 is 10.8. The maximum atomic E-state index is 6.21. The van der Waals surface area contributed by atoms with Gasteiger partial charge in [-0.05, 0) is 43.6 Å². The van der Waals surface area contributed by atoms with Crippen LogP contribution in [0.4, 0.5) is 0 Å². The molecule has 6 nitrogen and oxygen atoms in total. The van der Waals surface area contributed by atoms with E-state index in [9.17, 15) is 0 Å². The number of likely N-dealkylation sites (tertiary alicyclic amines) is 1. The maximum Gasteiger partial charge on any atom is 0.191 e. The van der Waals surface area contributed by atoms with E-state index in [0.717, 1.165) is 45.1 Å². The smallest absolute Gasteiger partial charge is 0.191 e. The fourth-order valence-corrected chi connectivity index (χ4v) is 3.41. The third-order valence-electron chi connectivity index (χ3n) is 4.82. The molecular formula is C18H28N4O2. The highest BCUT2D eigenvalue weighted by molar-refractivity contribution is 5.78. The van der Waals surface area contributed by atoms with Crippen LogP contribution in [0.5, 0.6) is 5.75 Å². The van der Waals surface area contributed by atoms with Crippen LogP contribution >= 0.6 is 0 Å². The number of benzene rings is 1. The zero-order valence-electron chi connectivity index (χ0n) is 14.5. The third kappa shape index (κ3) is 4.19. The van der Waals surface area contributed by atoms with Crippen molar-refractivity contribution in [3.63, 3.8) is 0 Å². The van der Waals surface area contributed by atoms with Gasteiger partial charge in [0.2, 0.25) is 0 Å². The average molecular weight is 332 g/mol. The van der Waals surface area contributed by atoms with Crippen molar-refractivity contribution in [3.05, 3.63) is 29.8 Å². The summed E-state index contributed by atoms with van der Waals surface area (Å²) in [5, 5.41) is 0. The van der Waals surface area contributed by atoms with Crippen LogP contribution in [0.25, 0.3) is 0 Å². The molecule has 0 amide bonds. The predicted molar refractivity (Wildman–Crippen MR) is 95.4 cm³/mol. The highest BCUT2D eigenvalue weighted by Gasteiger charge is 2.24. The lowest BCUT2D eigenvalue weighted by molar-refractivity contribution is 0.0673. The normalized spacial score (nSPS) is 21.0. The molecule has 2 aliphatic rings. The minimum Gasteiger partial charge on any atom is -0.497 e. The van der Waals surface area contributed by atoms with E-state index in [1.54, 1.807) is 7.11 Å². The minimum absolute atomic E-state index is 0.252. The molecule has 24 heavy (non-hydrogen) atoms. The molecule has 1 atom stereocenters. The summed E-state index contributed by atoms with van der Waals surface area (Å²) in [6.07, 6.45) is 2.51. The average Bonchev–Trinajstić information content (AvgIpc) is 3.17. The van der Waals surface area contributed by atoms with E-state index < -0.39 is 0 Å². The van der Waals surface area contributed by atoms with Crippen LogP contribution in [0.3, 0.4) is 0 Å². The summed E-state index contributed by atoms with van der Waals surface area (Å²) in [6, 6.07) is 8.56. The molecule has 2 heterocycles. The largest absolute Gasteiger partial charge is 0.497 e. The van der Waals surface area contributed by atoms with E-state index in [1.807, 2.05) is 12.1 Å². The Hall–Kier alpha value is -1.79. The van der Waals surface area contributed by atoms with E-state index in [0.29, 0.717) is 12.5 Å². The van der Waals surface area contributed by atoms with E-state index >= 15 is 0 Å². The van der Waals surface area contributed by atoms with Gasteiger partial charge < -0.3 is 20.1 Å². The van der Waals surface area contributed by atoms with Gasteiger partial charge in [0.15, 0.2) is 5.96 Å². The lowest BCUT2D eigenvalue weighted by Gasteiger charge is -2.30. The zero-order chi connectivity index (χ0) is 16.8. The number of methoxy groups -OCH3 is 1. The van der Waals surface area contributed by atoms with Crippen molar-refractivity contribution in [2.75, 3.05) is 53.0 Å². The summed E-state index contributed by atoms with van der Waals surface area (Å²) in [7, 11) is 1.71. The molecule has 1 aromatic carbocycles. The van der Waals surface area contributed by atoms with E-state index in [1.165, 1.54) is 18.4 Å². The van der Waals surface area contributed by atoms with Crippen LogP contribution in [0.2, 0.25) is 0 Å². The standard InChI is InChI=1S/C18H28N4O2/c1-23-16-6-4-5-15(13-16)17(21-7-2-3-8-21)14-20-18(19)22-9-11-24-12-10-22/h4-6,13,17H,2-3,7-12,14H2,1H3,(H2,19,20). The Morgan fingerprint density at radius 1 is 1.25 bits per heavy atom. The molecule has 0 aliphatic carbocycles. The summed E-state index contributed by atoms with van der Waals surface area (Å²) in [6.45, 7) is 6.01. The molecule has 1 aromatic rings. The number of hydrogen-bond acceptors (Lipinski definition) is 4. The maximum absolute atomic E-state index is 6.21. The van der Waals surface area contributed by atoms with Crippen LogP contribution in [0.15, 0.2) is 29.3 Å². The number of hydrogen-bond donors (Lipinski definition) is 1. The van der Waals surface area contributed by atoms with Crippen LogP contribution in [-0.2, 0) is 4.74 Å². The molecule has 2 aliphatic heterocycles. The van der Waals surface area contributed by atoms with Crippen molar-refractivity contribution in [1.29, 1.82) is 0 Å². The van der Waals surface area contributed by atoms with Gasteiger partial charge in [-0.25, -0.2) is 0 Å². The van der Waals surface area contributed by atoms with Gasteiger partial charge in [0.05, 0.1) is 32.9 Å². The Morgan fingerprint density at radius 3 is 2.71 bits per heavy atom. The Morgan fingerprint density at radius 2 is 2.00 bits per heavy atom. The van der Waals surface area contributed by atoms with Gasteiger partial charge in [-0.3, -0.25) is 9.89 Å². The van der Waals surface area contributed by atoms with Gasteiger partial charge in [0.25, 0.3) is 0 Å². The van der Waals surface area contributed by atoms with Crippen LogP contribution < -0.4 is 10.5 Å². The summed E-state index contributed by atoms with van der Waals surface area (Å²) >= 11 is 0. The monoisotopic (exact) mass is 332 g/mol. The molecule has 2 fully saturated rings. The molecule has 2 N–H and O–H groups in total. The summed E-state index contributed by atoms with van der Waals surface area (Å²) in [5.41, 5.74) is 7.45. The number of aliphatic imine (C=N–C) groups is 1. The van der Waals surface area contributed by atoms with Gasteiger partial charge in [-0.15, -0.1) is 0 Å². The first-order valence-corrected chi connectivity index (χ1v) is 8.78. The minimum atomic E-state index is 0.252. The number of rotatable bonds is 5. The van der Waals surface area contributed by atoms with Gasteiger partial charge in [-0.2, -0.15) is 0 Å². The summed E-state index contributed by atoms with van der Waals surface area (Å²) in [4.78, 5) is 9.32. The van der Waals surface area contributed by atoms with E-state index in [-0.39, 0.29) is 6.04 Å². The number of morpholine rings is 1. The number of nitrogens with two attached hydrogens (primary N) is 1.